The van der Waals surface area contributed by atoms with Gasteiger partial charge in [-0.1, -0.05) is 6.07 Å². The fourth-order valence-corrected chi connectivity index (χ4v) is 2.12. The van der Waals surface area contributed by atoms with Crippen molar-refractivity contribution in [3.05, 3.63) is 47.9 Å². The molecule has 0 saturated heterocycles. The van der Waals surface area contributed by atoms with Crippen molar-refractivity contribution in [2.75, 3.05) is 6.79 Å². The van der Waals surface area contributed by atoms with E-state index in [9.17, 15) is 9.59 Å². The molecule has 7 heteroatoms. The molecule has 0 atom stereocenters. The molecule has 0 radical (unpaired) electrons. The molecule has 1 aromatic carbocycles. The average molecular weight is 316 g/mol. The van der Waals surface area contributed by atoms with Crippen molar-refractivity contribution in [2.24, 2.45) is 0 Å². The number of ether oxygens (including phenoxy) is 2. The second-order valence-corrected chi connectivity index (χ2v) is 5.00. The zero-order valence-corrected chi connectivity index (χ0v) is 12.3. The molecule has 0 fully saturated rings. The van der Waals surface area contributed by atoms with Crippen LogP contribution >= 0.6 is 0 Å². The number of rotatable bonds is 6. The molecule has 1 aliphatic heterocycles. The third kappa shape index (κ3) is 4.03. The maximum Gasteiger partial charge on any atom is 0.231 e. The molecule has 2 aromatic rings. The summed E-state index contributed by atoms with van der Waals surface area (Å²) in [4.78, 5) is 23.4. The van der Waals surface area contributed by atoms with Gasteiger partial charge in [-0.2, -0.15) is 0 Å². The molecule has 0 aliphatic carbocycles. The van der Waals surface area contributed by atoms with Gasteiger partial charge in [-0.05, 0) is 29.8 Å². The third-order valence-electron chi connectivity index (χ3n) is 3.29. The van der Waals surface area contributed by atoms with Gasteiger partial charge in [-0.25, -0.2) is 0 Å². The number of benzene rings is 1. The number of hydrogen-bond donors (Lipinski definition) is 2. The summed E-state index contributed by atoms with van der Waals surface area (Å²) in [5.74, 6) is 1.29. The van der Waals surface area contributed by atoms with Crippen LogP contribution in [0.4, 0.5) is 0 Å². The Labute approximate surface area is 132 Å². The first-order valence-electron chi connectivity index (χ1n) is 7.15. The number of carbonyl (C=O) groups excluding carboxylic acids is 2. The molecule has 2 heterocycles. The predicted molar refractivity (Wildman–Crippen MR) is 79.6 cm³/mol. The maximum absolute atomic E-state index is 11.8. The van der Waals surface area contributed by atoms with Crippen LogP contribution in [0.1, 0.15) is 17.7 Å². The summed E-state index contributed by atoms with van der Waals surface area (Å²) in [5.41, 5.74) is 0.874. The summed E-state index contributed by atoms with van der Waals surface area (Å²) in [6.07, 6.45) is 1.30. The van der Waals surface area contributed by atoms with Crippen molar-refractivity contribution >= 4 is 11.8 Å². The second kappa shape index (κ2) is 6.87. The average Bonchev–Trinajstić information content (AvgIpc) is 3.21. The SMILES string of the molecule is O=C(CC(=O)NCc1ccco1)NCc1ccc2c(c1)OCO2. The van der Waals surface area contributed by atoms with Crippen LogP contribution in [0.3, 0.4) is 0 Å². The summed E-state index contributed by atoms with van der Waals surface area (Å²) in [6, 6.07) is 8.92. The Bertz CT molecular complexity index is 697. The van der Waals surface area contributed by atoms with E-state index in [-0.39, 0.29) is 31.6 Å². The van der Waals surface area contributed by atoms with Gasteiger partial charge >= 0.3 is 0 Å². The van der Waals surface area contributed by atoms with Crippen molar-refractivity contribution in [3.8, 4) is 11.5 Å². The van der Waals surface area contributed by atoms with Crippen LogP contribution in [0.5, 0.6) is 11.5 Å². The number of hydrogen-bond acceptors (Lipinski definition) is 5. The van der Waals surface area contributed by atoms with Gasteiger partial charge in [0.1, 0.15) is 12.2 Å². The van der Waals surface area contributed by atoms with Crippen molar-refractivity contribution in [2.45, 2.75) is 19.5 Å². The minimum absolute atomic E-state index is 0.209. The van der Waals surface area contributed by atoms with Crippen molar-refractivity contribution in [1.82, 2.24) is 10.6 Å². The highest BCUT2D eigenvalue weighted by Crippen LogP contribution is 2.32. The molecule has 2 amide bonds. The van der Waals surface area contributed by atoms with Gasteiger partial charge in [-0.15, -0.1) is 0 Å². The highest BCUT2D eigenvalue weighted by Gasteiger charge is 2.14. The highest BCUT2D eigenvalue weighted by atomic mass is 16.7. The zero-order valence-electron chi connectivity index (χ0n) is 12.3. The van der Waals surface area contributed by atoms with Crippen LogP contribution in [0.15, 0.2) is 41.0 Å². The zero-order chi connectivity index (χ0) is 16.1. The normalized spacial score (nSPS) is 12.0. The van der Waals surface area contributed by atoms with E-state index < -0.39 is 0 Å². The van der Waals surface area contributed by atoms with Crippen LogP contribution in [0.25, 0.3) is 0 Å². The Balaban J connectivity index is 1.41. The molecule has 0 unspecified atom stereocenters. The van der Waals surface area contributed by atoms with Crippen molar-refractivity contribution in [1.29, 1.82) is 0 Å². The lowest BCUT2D eigenvalue weighted by Crippen LogP contribution is -2.31. The lowest BCUT2D eigenvalue weighted by Gasteiger charge is -2.07. The minimum atomic E-state index is -0.357. The van der Waals surface area contributed by atoms with E-state index in [1.54, 1.807) is 24.3 Å². The number of carbonyl (C=O) groups is 2. The standard InChI is InChI=1S/C16H16N2O5/c19-15(7-16(20)18-9-12-2-1-5-21-12)17-8-11-3-4-13-14(6-11)23-10-22-13/h1-6H,7-10H2,(H,17,19)(H,18,20). The van der Waals surface area contributed by atoms with E-state index in [0.717, 1.165) is 5.56 Å². The van der Waals surface area contributed by atoms with E-state index in [1.807, 2.05) is 6.07 Å². The van der Waals surface area contributed by atoms with Crippen LogP contribution < -0.4 is 20.1 Å². The molecule has 1 aromatic heterocycles. The molecule has 0 saturated carbocycles. The van der Waals surface area contributed by atoms with Gasteiger partial charge in [0.05, 0.1) is 12.8 Å². The van der Waals surface area contributed by atoms with E-state index >= 15 is 0 Å². The molecule has 3 rings (SSSR count). The monoisotopic (exact) mass is 316 g/mol. The lowest BCUT2D eigenvalue weighted by molar-refractivity contribution is -0.129. The van der Waals surface area contributed by atoms with Crippen LogP contribution in [-0.2, 0) is 22.7 Å². The summed E-state index contributed by atoms with van der Waals surface area (Å²) in [5, 5.41) is 5.31. The lowest BCUT2D eigenvalue weighted by atomic mass is 10.2. The number of amides is 2. The molecule has 23 heavy (non-hydrogen) atoms. The van der Waals surface area contributed by atoms with Gasteiger partial charge in [0.15, 0.2) is 11.5 Å². The highest BCUT2D eigenvalue weighted by molar-refractivity contribution is 5.96. The summed E-state index contributed by atoms with van der Waals surface area (Å²) < 4.78 is 15.6. The Kier molecular flexibility index (Phi) is 4.46. The minimum Gasteiger partial charge on any atom is -0.467 e. The smallest absolute Gasteiger partial charge is 0.231 e. The molecule has 0 spiro atoms. The van der Waals surface area contributed by atoms with Gasteiger partial charge in [0, 0.05) is 6.54 Å². The fraction of sp³-hybridized carbons (Fsp3) is 0.250. The predicted octanol–water partition coefficient (Wildman–Crippen LogP) is 1.33. The first-order valence-corrected chi connectivity index (χ1v) is 7.15. The number of nitrogens with one attached hydrogen (secondary N) is 2. The number of furan rings is 1. The Morgan fingerprint density at radius 3 is 2.57 bits per heavy atom. The summed E-state index contributed by atoms with van der Waals surface area (Å²) in [7, 11) is 0. The molecule has 120 valence electrons. The fourth-order valence-electron chi connectivity index (χ4n) is 2.12. The second-order valence-electron chi connectivity index (χ2n) is 5.00. The van der Waals surface area contributed by atoms with E-state index in [4.69, 9.17) is 13.9 Å². The topological polar surface area (TPSA) is 89.8 Å². The number of fused-ring (bicyclic) bond motifs is 1. The first-order chi connectivity index (χ1) is 11.2. The summed E-state index contributed by atoms with van der Waals surface area (Å²) >= 11 is 0. The van der Waals surface area contributed by atoms with E-state index in [1.165, 1.54) is 6.26 Å². The van der Waals surface area contributed by atoms with Gasteiger partial charge < -0.3 is 24.5 Å². The Hall–Kier alpha value is -2.96. The van der Waals surface area contributed by atoms with E-state index in [2.05, 4.69) is 10.6 Å². The van der Waals surface area contributed by atoms with Gasteiger partial charge in [0.2, 0.25) is 18.6 Å². The van der Waals surface area contributed by atoms with Crippen LogP contribution in [-0.4, -0.2) is 18.6 Å². The van der Waals surface area contributed by atoms with Crippen LogP contribution in [0, 0.1) is 0 Å². The molecule has 7 nitrogen and oxygen atoms in total. The van der Waals surface area contributed by atoms with Crippen molar-refractivity contribution < 1.29 is 23.5 Å². The van der Waals surface area contributed by atoms with Crippen LogP contribution in [0.2, 0.25) is 0 Å². The summed E-state index contributed by atoms with van der Waals surface area (Å²) in [6.45, 7) is 0.795. The first kappa shape index (κ1) is 15.0. The van der Waals surface area contributed by atoms with Gasteiger partial charge in [-0.3, -0.25) is 9.59 Å². The third-order valence-corrected chi connectivity index (χ3v) is 3.29. The molecule has 2 N–H and O–H groups in total. The maximum atomic E-state index is 11.8. The largest absolute Gasteiger partial charge is 0.467 e. The molecule has 0 bridgehead atoms. The van der Waals surface area contributed by atoms with Crippen molar-refractivity contribution in [3.63, 3.8) is 0 Å². The molecule has 1 aliphatic rings. The molecular weight excluding hydrogens is 300 g/mol. The Morgan fingerprint density at radius 1 is 1.00 bits per heavy atom. The molecular formula is C16H16N2O5. The van der Waals surface area contributed by atoms with E-state index in [0.29, 0.717) is 23.8 Å². The quantitative estimate of drug-likeness (QED) is 0.785. The Morgan fingerprint density at radius 2 is 1.78 bits per heavy atom. The van der Waals surface area contributed by atoms with Gasteiger partial charge in [0.25, 0.3) is 0 Å².